The Hall–Kier alpha value is -2.45. The van der Waals surface area contributed by atoms with Crippen LogP contribution in [0.2, 0.25) is 0 Å². The maximum absolute atomic E-state index is 14.3. The Balaban J connectivity index is 1.88. The molecule has 0 radical (unpaired) electrons. The zero-order valence-electron chi connectivity index (χ0n) is 15.7. The summed E-state index contributed by atoms with van der Waals surface area (Å²) in [7, 11) is -3.98. The third-order valence-corrected chi connectivity index (χ3v) is 6.47. The number of para-hydroxylation sites is 2. The summed E-state index contributed by atoms with van der Waals surface area (Å²) in [6.07, 6.45) is 2.45. The topological polar surface area (TPSA) is 75.7 Å². The first-order valence-electron chi connectivity index (χ1n) is 9.26. The molecular formula is C20H23FN2O4S. The van der Waals surface area contributed by atoms with Crippen LogP contribution in [0, 0.1) is 5.82 Å². The highest BCUT2D eigenvalue weighted by Gasteiger charge is 2.29. The molecule has 0 aliphatic carbocycles. The smallest absolute Gasteiger partial charge is 0.255 e. The Bertz CT molecular complexity index is 956. The van der Waals surface area contributed by atoms with E-state index in [-0.39, 0.29) is 5.56 Å². The summed E-state index contributed by atoms with van der Waals surface area (Å²) in [6, 6.07) is 10.3. The molecule has 1 aliphatic rings. The number of amides is 1. The van der Waals surface area contributed by atoms with Gasteiger partial charge in [0.1, 0.15) is 16.5 Å². The van der Waals surface area contributed by atoms with Gasteiger partial charge >= 0.3 is 0 Å². The van der Waals surface area contributed by atoms with Gasteiger partial charge in [0.2, 0.25) is 10.0 Å². The van der Waals surface area contributed by atoms with E-state index in [1.165, 1.54) is 10.4 Å². The molecule has 0 spiro atoms. The van der Waals surface area contributed by atoms with Gasteiger partial charge in [0.15, 0.2) is 0 Å². The third-order valence-electron chi connectivity index (χ3n) is 4.56. The fourth-order valence-corrected chi connectivity index (χ4v) is 4.74. The van der Waals surface area contributed by atoms with Crippen LogP contribution in [0.1, 0.15) is 36.5 Å². The molecule has 3 rings (SSSR count). The summed E-state index contributed by atoms with van der Waals surface area (Å²) >= 11 is 0. The van der Waals surface area contributed by atoms with E-state index in [0.717, 1.165) is 31.4 Å². The second-order valence-electron chi connectivity index (χ2n) is 6.49. The van der Waals surface area contributed by atoms with Gasteiger partial charge in [-0.1, -0.05) is 18.6 Å². The third kappa shape index (κ3) is 4.34. The maximum atomic E-state index is 14.3. The lowest BCUT2D eigenvalue weighted by Crippen LogP contribution is -2.36. The summed E-state index contributed by atoms with van der Waals surface area (Å²) in [4.78, 5) is 12.2. The number of halogens is 1. The van der Waals surface area contributed by atoms with E-state index in [1.807, 2.05) is 6.92 Å². The summed E-state index contributed by atoms with van der Waals surface area (Å²) in [5, 5.41) is 2.69. The van der Waals surface area contributed by atoms with Crippen LogP contribution >= 0.6 is 0 Å². The predicted octanol–water partition coefficient (Wildman–Crippen LogP) is 3.65. The molecule has 150 valence electrons. The van der Waals surface area contributed by atoms with E-state index >= 15 is 0 Å². The number of sulfonamides is 1. The Morgan fingerprint density at radius 3 is 2.57 bits per heavy atom. The molecule has 1 saturated heterocycles. The number of rotatable bonds is 6. The number of nitrogens with one attached hydrogen (secondary N) is 1. The van der Waals surface area contributed by atoms with Crippen LogP contribution < -0.4 is 10.1 Å². The molecular weight excluding hydrogens is 383 g/mol. The highest BCUT2D eigenvalue weighted by molar-refractivity contribution is 7.89. The maximum Gasteiger partial charge on any atom is 0.255 e. The molecule has 2 aromatic rings. The van der Waals surface area contributed by atoms with E-state index in [2.05, 4.69) is 5.32 Å². The highest BCUT2D eigenvalue weighted by Crippen LogP contribution is 2.26. The monoisotopic (exact) mass is 406 g/mol. The lowest BCUT2D eigenvalue weighted by Gasteiger charge is -2.26. The van der Waals surface area contributed by atoms with E-state index in [1.54, 1.807) is 24.3 Å². The molecule has 2 aromatic carbocycles. The van der Waals surface area contributed by atoms with Crippen molar-refractivity contribution in [3.05, 3.63) is 53.8 Å². The SMILES string of the molecule is CCOc1ccccc1NC(=O)c1ccc(F)c(S(=O)(=O)N2CCCCC2)c1. The Kier molecular flexibility index (Phi) is 6.31. The minimum atomic E-state index is -3.98. The summed E-state index contributed by atoms with van der Waals surface area (Å²) in [5.74, 6) is -0.902. The fourth-order valence-electron chi connectivity index (χ4n) is 3.13. The van der Waals surface area contributed by atoms with Crippen LogP contribution in [-0.4, -0.2) is 38.3 Å². The van der Waals surface area contributed by atoms with Crippen molar-refractivity contribution in [2.24, 2.45) is 0 Å². The molecule has 1 N–H and O–H groups in total. The number of hydrogen-bond donors (Lipinski definition) is 1. The minimum absolute atomic E-state index is 0.0586. The lowest BCUT2D eigenvalue weighted by atomic mass is 10.2. The van der Waals surface area contributed by atoms with Gasteiger partial charge in [0.25, 0.3) is 5.91 Å². The second-order valence-corrected chi connectivity index (χ2v) is 8.40. The van der Waals surface area contributed by atoms with E-state index < -0.39 is 26.6 Å². The van der Waals surface area contributed by atoms with Crippen molar-refractivity contribution >= 4 is 21.6 Å². The quantitative estimate of drug-likeness (QED) is 0.795. The summed E-state index contributed by atoms with van der Waals surface area (Å²) in [5.41, 5.74) is 0.516. The van der Waals surface area contributed by atoms with Gasteiger partial charge in [-0.15, -0.1) is 0 Å². The van der Waals surface area contributed by atoms with Crippen LogP contribution in [0.5, 0.6) is 5.75 Å². The molecule has 0 bridgehead atoms. The van der Waals surface area contributed by atoms with Crippen LogP contribution in [0.15, 0.2) is 47.4 Å². The Morgan fingerprint density at radius 1 is 1.14 bits per heavy atom. The first-order chi connectivity index (χ1) is 13.4. The molecule has 0 unspecified atom stereocenters. The van der Waals surface area contributed by atoms with E-state index in [9.17, 15) is 17.6 Å². The van der Waals surface area contributed by atoms with Crippen molar-refractivity contribution in [1.29, 1.82) is 0 Å². The second kappa shape index (κ2) is 8.70. The van der Waals surface area contributed by atoms with Crippen molar-refractivity contribution < 1.29 is 22.3 Å². The highest BCUT2D eigenvalue weighted by atomic mass is 32.2. The molecule has 1 aliphatic heterocycles. The minimum Gasteiger partial charge on any atom is -0.492 e. The molecule has 1 amide bonds. The van der Waals surface area contributed by atoms with Gasteiger partial charge in [-0.05, 0) is 50.1 Å². The first-order valence-corrected chi connectivity index (χ1v) is 10.7. The van der Waals surface area contributed by atoms with Crippen LogP contribution in [0.4, 0.5) is 10.1 Å². The van der Waals surface area contributed by atoms with Crippen molar-refractivity contribution in [2.75, 3.05) is 25.0 Å². The number of anilines is 1. The van der Waals surface area contributed by atoms with E-state index in [4.69, 9.17) is 4.74 Å². The molecule has 6 nitrogen and oxygen atoms in total. The first kappa shape index (κ1) is 20.3. The standard InChI is InChI=1S/C20H23FN2O4S/c1-2-27-18-9-5-4-8-17(18)22-20(24)15-10-11-16(21)19(14-15)28(25,26)23-12-6-3-7-13-23/h4-5,8-11,14H,2-3,6-7,12-13H2,1H3,(H,22,24). The average molecular weight is 406 g/mol. The van der Waals surface area contributed by atoms with Gasteiger partial charge in [-0.25, -0.2) is 12.8 Å². The van der Waals surface area contributed by atoms with E-state index in [0.29, 0.717) is 31.1 Å². The number of nitrogens with zero attached hydrogens (tertiary/aromatic N) is 1. The molecule has 8 heteroatoms. The van der Waals surface area contributed by atoms with Crippen LogP contribution in [0.3, 0.4) is 0 Å². The number of hydrogen-bond acceptors (Lipinski definition) is 4. The van der Waals surface area contributed by atoms with Crippen molar-refractivity contribution in [3.63, 3.8) is 0 Å². The molecule has 0 atom stereocenters. The summed E-state index contributed by atoms with van der Waals surface area (Å²) in [6.45, 7) is 2.98. The fraction of sp³-hybridized carbons (Fsp3) is 0.350. The van der Waals surface area contributed by atoms with Crippen molar-refractivity contribution in [2.45, 2.75) is 31.1 Å². The number of piperidine rings is 1. The van der Waals surface area contributed by atoms with Crippen LogP contribution in [-0.2, 0) is 10.0 Å². The zero-order valence-corrected chi connectivity index (χ0v) is 16.5. The average Bonchev–Trinajstić information content (AvgIpc) is 2.70. The van der Waals surface area contributed by atoms with Crippen molar-refractivity contribution in [3.8, 4) is 5.75 Å². The number of carbonyl (C=O) groups excluding carboxylic acids is 1. The lowest BCUT2D eigenvalue weighted by molar-refractivity contribution is 0.102. The van der Waals surface area contributed by atoms with Gasteiger partial charge in [-0.3, -0.25) is 4.79 Å². The Morgan fingerprint density at radius 2 is 1.86 bits per heavy atom. The molecule has 0 aromatic heterocycles. The number of benzene rings is 2. The molecule has 1 heterocycles. The molecule has 0 saturated carbocycles. The summed E-state index contributed by atoms with van der Waals surface area (Å²) < 4.78 is 46.7. The van der Waals surface area contributed by atoms with Gasteiger partial charge in [0, 0.05) is 18.7 Å². The Labute approximate surface area is 164 Å². The normalized spacial score (nSPS) is 15.2. The number of carbonyl (C=O) groups is 1. The van der Waals surface area contributed by atoms with Crippen molar-refractivity contribution in [1.82, 2.24) is 4.31 Å². The predicted molar refractivity (Wildman–Crippen MR) is 105 cm³/mol. The van der Waals surface area contributed by atoms with Gasteiger partial charge in [-0.2, -0.15) is 4.31 Å². The zero-order chi connectivity index (χ0) is 20.1. The molecule has 1 fully saturated rings. The van der Waals surface area contributed by atoms with Crippen LogP contribution in [0.25, 0.3) is 0 Å². The largest absolute Gasteiger partial charge is 0.492 e. The molecule has 28 heavy (non-hydrogen) atoms. The number of ether oxygens (including phenoxy) is 1. The van der Waals surface area contributed by atoms with Gasteiger partial charge < -0.3 is 10.1 Å². The van der Waals surface area contributed by atoms with Gasteiger partial charge in [0.05, 0.1) is 12.3 Å².